The number of benzene rings is 2. The van der Waals surface area contributed by atoms with Gasteiger partial charge in [-0.05, 0) is 41.3 Å². The van der Waals surface area contributed by atoms with E-state index in [9.17, 15) is 0 Å². The van der Waals surface area contributed by atoms with E-state index < -0.39 is 0 Å². The summed E-state index contributed by atoms with van der Waals surface area (Å²) in [6.07, 6.45) is 7.14. The summed E-state index contributed by atoms with van der Waals surface area (Å²) in [6, 6.07) is 19.4. The van der Waals surface area contributed by atoms with Crippen molar-refractivity contribution in [3.63, 3.8) is 0 Å². The maximum absolute atomic E-state index is 5.97. The Morgan fingerprint density at radius 2 is 1.74 bits per heavy atom. The SMILES string of the molecule is CCC(=C\CCl)/C1=N/N=C(/OCc2ccc(CN3CCN(c4ccccc4)CC3)cc2)CC=C=C1. The number of alkyl halides is 1. The number of hydrogen-bond donors (Lipinski definition) is 0. The highest BCUT2D eigenvalue weighted by atomic mass is 35.5. The van der Waals surface area contributed by atoms with Crippen molar-refractivity contribution in [3.8, 4) is 0 Å². The largest absolute Gasteiger partial charge is 0.475 e. The van der Waals surface area contributed by atoms with Crippen LogP contribution < -0.4 is 4.90 Å². The minimum Gasteiger partial charge on any atom is -0.475 e. The van der Waals surface area contributed by atoms with Crippen LogP contribution in [0.3, 0.4) is 0 Å². The van der Waals surface area contributed by atoms with Gasteiger partial charge in [0.25, 0.3) is 0 Å². The zero-order valence-electron chi connectivity index (χ0n) is 20.4. The van der Waals surface area contributed by atoms with Crippen molar-refractivity contribution in [2.45, 2.75) is 32.9 Å². The highest BCUT2D eigenvalue weighted by molar-refractivity contribution is 6.19. The van der Waals surface area contributed by atoms with Crippen molar-refractivity contribution in [1.82, 2.24) is 4.90 Å². The topological polar surface area (TPSA) is 40.4 Å². The fraction of sp³-hybridized carbons (Fsp3) is 0.345. The van der Waals surface area contributed by atoms with Gasteiger partial charge in [0.1, 0.15) is 6.61 Å². The van der Waals surface area contributed by atoms with Crippen LogP contribution in [-0.2, 0) is 17.9 Å². The molecule has 2 heterocycles. The van der Waals surface area contributed by atoms with Gasteiger partial charge in [-0.2, -0.15) is 0 Å². The standard InChI is InChI=1S/C29H33ClN4O/c1-2-26(16-17-30)28-10-6-7-11-29(32-31-28)35-23-25-14-12-24(13-15-25)22-33-18-20-34(21-19-33)27-8-4-3-5-9-27/h3-5,7-10,12-16H,2,11,17-23H2,1H3/b26-16+,31-28+,32-29+. The molecule has 2 aliphatic heterocycles. The number of ether oxygens (including phenoxy) is 1. The number of piperazine rings is 1. The van der Waals surface area contributed by atoms with Gasteiger partial charge in [-0.1, -0.05) is 55.5 Å². The first-order valence-corrected chi connectivity index (χ1v) is 12.8. The Bertz CT molecular complexity index is 1110. The summed E-state index contributed by atoms with van der Waals surface area (Å²) in [5.74, 6) is 1.04. The third kappa shape index (κ3) is 7.43. The molecule has 2 aromatic rings. The molecule has 1 saturated heterocycles. The maximum Gasteiger partial charge on any atom is 0.213 e. The van der Waals surface area contributed by atoms with Crippen LogP contribution in [0.5, 0.6) is 0 Å². The zero-order valence-corrected chi connectivity index (χ0v) is 21.1. The van der Waals surface area contributed by atoms with Gasteiger partial charge in [0.05, 0.1) is 12.1 Å². The fourth-order valence-electron chi connectivity index (χ4n) is 4.20. The van der Waals surface area contributed by atoms with Gasteiger partial charge in [-0.25, -0.2) is 0 Å². The van der Waals surface area contributed by atoms with E-state index >= 15 is 0 Å². The number of hydrogen-bond acceptors (Lipinski definition) is 5. The molecule has 0 N–H and O–H groups in total. The third-order valence-electron chi connectivity index (χ3n) is 6.25. The van der Waals surface area contributed by atoms with Gasteiger partial charge in [0, 0.05) is 50.4 Å². The minimum absolute atomic E-state index is 0.451. The molecule has 0 bridgehead atoms. The molecule has 4 rings (SSSR count). The van der Waals surface area contributed by atoms with Crippen LogP contribution >= 0.6 is 11.6 Å². The van der Waals surface area contributed by atoms with Crippen molar-refractivity contribution in [3.05, 3.63) is 95.3 Å². The number of allylic oxidation sites excluding steroid dienone is 2. The van der Waals surface area contributed by atoms with E-state index in [4.69, 9.17) is 16.3 Å². The van der Waals surface area contributed by atoms with Crippen molar-refractivity contribution >= 4 is 28.9 Å². The van der Waals surface area contributed by atoms with Gasteiger partial charge in [0.15, 0.2) is 0 Å². The number of para-hydroxylation sites is 1. The normalized spacial score (nSPS) is 19.9. The van der Waals surface area contributed by atoms with Crippen LogP contribution in [-0.4, -0.2) is 48.6 Å². The molecular weight excluding hydrogens is 456 g/mol. The molecule has 1 fully saturated rings. The Labute approximate surface area is 213 Å². The summed E-state index contributed by atoms with van der Waals surface area (Å²) in [7, 11) is 0. The molecule has 0 saturated carbocycles. The molecule has 0 spiro atoms. The van der Waals surface area contributed by atoms with Crippen molar-refractivity contribution < 1.29 is 4.74 Å². The van der Waals surface area contributed by atoms with Crippen LogP contribution in [0.1, 0.15) is 30.9 Å². The summed E-state index contributed by atoms with van der Waals surface area (Å²) < 4.78 is 5.97. The smallest absolute Gasteiger partial charge is 0.213 e. The fourth-order valence-corrected chi connectivity index (χ4v) is 4.39. The third-order valence-corrected chi connectivity index (χ3v) is 6.40. The zero-order chi connectivity index (χ0) is 24.3. The Kier molecular flexibility index (Phi) is 9.36. The quantitative estimate of drug-likeness (QED) is 0.339. The number of anilines is 1. The van der Waals surface area contributed by atoms with Gasteiger partial charge in [-0.15, -0.1) is 27.5 Å². The van der Waals surface area contributed by atoms with Crippen molar-refractivity contribution in [2.24, 2.45) is 10.2 Å². The lowest BCUT2D eigenvalue weighted by Gasteiger charge is -2.36. The van der Waals surface area contributed by atoms with Gasteiger partial charge in [0.2, 0.25) is 5.90 Å². The summed E-state index contributed by atoms with van der Waals surface area (Å²) >= 11 is 5.87. The number of nitrogens with zero attached hydrogens (tertiary/aromatic N) is 4. The second-order valence-electron chi connectivity index (χ2n) is 8.64. The second-order valence-corrected chi connectivity index (χ2v) is 8.95. The summed E-state index contributed by atoms with van der Waals surface area (Å²) in [6.45, 7) is 7.79. The Balaban J connectivity index is 1.27. The molecule has 0 radical (unpaired) electrons. The molecule has 0 atom stereocenters. The summed E-state index contributed by atoms with van der Waals surface area (Å²) in [5, 5.41) is 8.72. The molecule has 35 heavy (non-hydrogen) atoms. The molecule has 2 aromatic carbocycles. The number of halogens is 1. The Hall–Kier alpha value is -3.11. The van der Waals surface area contributed by atoms with Crippen molar-refractivity contribution in [2.75, 3.05) is 37.0 Å². The highest BCUT2D eigenvalue weighted by Crippen LogP contribution is 2.17. The molecule has 5 nitrogen and oxygen atoms in total. The van der Waals surface area contributed by atoms with E-state index in [1.54, 1.807) is 0 Å². The first-order chi connectivity index (χ1) is 17.2. The van der Waals surface area contributed by atoms with E-state index in [0.717, 1.165) is 56.0 Å². The molecular formula is C29H33ClN4O. The van der Waals surface area contributed by atoms with Crippen LogP contribution in [0, 0.1) is 0 Å². The van der Waals surface area contributed by atoms with Crippen molar-refractivity contribution in [1.29, 1.82) is 0 Å². The van der Waals surface area contributed by atoms with Gasteiger partial charge >= 0.3 is 0 Å². The second kappa shape index (κ2) is 13.1. The summed E-state index contributed by atoms with van der Waals surface area (Å²) in [5.41, 5.74) is 8.76. The first-order valence-electron chi connectivity index (χ1n) is 12.3. The average molecular weight is 489 g/mol. The first kappa shape index (κ1) is 25.0. The lowest BCUT2D eigenvalue weighted by Crippen LogP contribution is -2.45. The molecule has 2 aliphatic rings. The average Bonchev–Trinajstić information content (AvgIpc) is 2.89. The minimum atomic E-state index is 0.451. The van der Waals surface area contributed by atoms with E-state index in [0.29, 0.717) is 24.8 Å². The Morgan fingerprint density at radius 1 is 1.00 bits per heavy atom. The molecule has 0 amide bonds. The maximum atomic E-state index is 5.97. The monoisotopic (exact) mass is 488 g/mol. The van der Waals surface area contributed by atoms with E-state index in [-0.39, 0.29) is 0 Å². The molecule has 0 aliphatic carbocycles. The van der Waals surface area contributed by atoms with E-state index in [2.05, 4.69) is 87.3 Å². The van der Waals surface area contributed by atoms with E-state index in [1.165, 1.54) is 11.3 Å². The predicted molar refractivity (Wildman–Crippen MR) is 146 cm³/mol. The van der Waals surface area contributed by atoms with Gasteiger partial charge < -0.3 is 9.64 Å². The lowest BCUT2D eigenvalue weighted by atomic mass is 10.1. The van der Waals surface area contributed by atoms with E-state index in [1.807, 2.05) is 18.2 Å². The molecule has 182 valence electrons. The molecule has 0 aromatic heterocycles. The van der Waals surface area contributed by atoms with Crippen LogP contribution in [0.2, 0.25) is 0 Å². The number of rotatable bonds is 8. The highest BCUT2D eigenvalue weighted by Gasteiger charge is 2.17. The van der Waals surface area contributed by atoms with Crippen LogP contribution in [0.15, 0.2) is 94.3 Å². The molecule has 0 unspecified atom stereocenters. The Morgan fingerprint density at radius 3 is 2.46 bits per heavy atom. The van der Waals surface area contributed by atoms with Crippen LogP contribution in [0.4, 0.5) is 5.69 Å². The predicted octanol–water partition coefficient (Wildman–Crippen LogP) is 5.97. The van der Waals surface area contributed by atoms with Gasteiger partial charge in [-0.3, -0.25) is 4.90 Å². The lowest BCUT2D eigenvalue weighted by molar-refractivity contribution is 0.249. The van der Waals surface area contributed by atoms with Crippen LogP contribution in [0.25, 0.3) is 0 Å². The summed E-state index contributed by atoms with van der Waals surface area (Å²) in [4.78, 5) is 4.98. The molecule has 6 heteroatoms.